The number of aromatic nitrogens is 2. The van der Waals surface area contributed by atoms with Gasteiger partial charge < -0.3 is 20.1 Å². The number of rotatable bonds is 8. The summed E-state index contributed by atoms with van der Waals surface area (Å²) >= 11 is 0. The number of hydrogen-bond donors (Lipinski definition) is 2. The maximum absolute atomic E-state index is 12.6. The summed E-state index contributed by atoms with van der Waals surface area (Å²) in [5.74, 6) is 1.23. The fourth-order valence-corrected chi connectivity index (χ4v) is 2.65. The molecule has 144 valence electrons. The molecule has 2 atom stereocenters. The van der Waals surface area contributed by atoms with E-state index in [0.717, 1.165) is 11.1 Å². The van der Waals surface area contributed by atoms with Gasteiger partial charge in [-0.2, -0.15) is 5.10 Å². The molecule has 1 aromatic heterocycles. The molecule has 8 heteroatoms. The molecule has 7 nitrogen and oxygen atoms in total. The SMILES string of the molecule is CCOc1ccc(C(C)NC(=O)C(NC)c2cnn(C)c2)cc1OC.Cl. The molecule has 2 N–H and O–H groups in total. The van der Waals surface area contributed by atoms with Crippen LogP contribution in [-0.4, -0.2) is 36.5 Å². The lowest BCUT2D eigenvalue weighted by molar-refractivity contribution is -0.123. The first kappa shape index (κ1) is 21.8. The van der Waals surface area contributed by atoms with Crippen LogP contribution in [0.15, 0.2) is 30.6 Å². The number of nitrogens with zero attached hydrogens (tertiary/aromatic N) is 2. The minimum absolute atomic E-state index is 0. The van der Waals surface area contributed by atoms with Gasteiger partial charge in [0.05, 0.1) is 26.0 Å². The van der Waals surface area contributed by atoms with Crippen LogP contribution in [0.5, 0.6) is 11.5 Å². The van der Waals surface area contributed by atoms with Crippen LogP contribution < -0.4 is 20.1 Å². The van der Waals surface area contributed by atoms with Crippen LogP contribution in [0, 0.1) is 0 Å². The highest BCUT2D eigenvalue weighted by Crippen LogP contribution is 2.30. The van der Waals surface area contributed by atoms with E-state index in [1.54, 1.807) is 25.0 Å². The molecule has 0 radical (unpaired) electrons. The molecule has 1 heterocycles. The molecule has 0 saturated heterocycles. The van der Waals surface area contributed by atoms with Gasteiger partial charge in [0.2, 0.25) is 5.91 Å². The summed E-state index contributed by atoms with van der Waals surface area (Å²) in [6.45, 7) is 4.42. The fraction of sp³-hybridized carbons (Fsp3) is 0.444. The van der Waals surface area contributed by atoms with Crippen molar-refractivity contribution in [3.8, 4) is 11.5 Å². The van der Waals surface area contributed by atoms with Crippen molar-refractivity contribution in [3.63, 3.8) is 0 Å². The molecular formula is C18H27ClN4O3. The Labute approximate surface area is 160 Å². The van der Waals surface area contributed by atoms with Crippen LogP contribution >= 0.6 is 12.4 Å². The molecular weight excluding hydrogens is 356 g/mol. The molecule has 1 aromatic carbocycles. The third-order valence-corrected chi connectivity index (χ3v) is 3.96. The first-order valence-electron chi connectivity index (χ1n) is 8.27. The highest BCUT2D eigenvalue weighted by Gasteiger charge is 2.22. The Balaban J connectivity index is 0.00000338. The second-order valence-electron chi connectivity index (χ2n) is 5.74. The zero-order valence-corrected chi connectivity index (χ0v) is 16.6. The number of amides is 1. The lowest BCUT2D eigenvalue weighted by Gasteiger charge is -2.20. The predicted molar refractivity (Wildman–Crippen MR) is 103 cm³/mol. The van der Waals surface area contributed by atoms with Crippen molar-refractivity contribution in [1.82, 2.24) is 20.4 Å². The normalized spacial score (nSPS) is 12.7. The van der Waals surface area contributed by atoms with Crippen molar-refractivity contribution in [2.45, 2.75) is 25.9 Å². The summed E-state index contributed by atoms with van der Waals surface area (Å²) in [5, 5.41) is 10.2. The Morgan fingerprint density at radius 3 is 2.58 bits per heavy atom. The van der Waals surface area contributed by atoms with Gasteiger partial charge in [0.25, 0.3) is 0 Å². The molecule has 2 unspecified atom stereocenters. The number of likely N-dealkylation sites (N-methyl/N-ethyl adjacent to an activating group) is 1. The molecule has 0 aliphatic heterocycles. The van der Waals surface area contributed by atoms with E-state index in [1.165, 1.54) is 0 Å². The van der Waals surface area contributed by atoms with Crippen LogP contribution in [0.25, 0.3) is 0 Å². The second kappa shape index (κ2) is 10.0. The lowest BCUT2D eigenvalue weighted by Crippen LogP contribution is -2.37. The van der Waals surface area contributed by atoms with E-state index in [0.29, 0.717) is 18.1 Å². The van der Waals surface area contributed by atoms with Gasteiger partial charge in [0.15, 0.2) is 11.5 Å². The van der Waals surface area contributed by atoms with Crippen molar-refractivity contribution in [2.24, 2.45) is 7.05 Å². The van der Waals surface area contributed by atoms with Gasteiger partial charge in [0.1, 0.15) is 6.04 Å². The van der Waals surface area contributed by atoms with Crippen molar-refractivity contribution >= 4 is 18.3 Å². The highest BCUT2D eigenvalue weighted by atomic mass is 35.5. The zero-order valence-electron chi connectivity index (χ0n) is 15.8. The second-order valence-corrected chi connectivity index (χ2v) is 5.74. The lowest BCUT2D eigenvalue weighted by atomic mass is 10.1. The van der Waals surface area contributed by atoms with Gasteiger partial charge in [-0.1, -0.05) is 6.07 Å². The molecule has 1 amide bonds. The molecule has 0 spiro atoms. The van der Waals surface area contributed by atoms with Crippen molar-refractivity contribution in [1.29, 1.82) is 0 Å². The van der Waals surface area contributed by atoms with E-state index in [1.807, 2.05) is 45.3 Å². The maximum atomic E-state index is 12.6. The number of ether oxygens (including phenoxy) is 2. The van der Waals surface area contributed by atoms with Gasteiger partial charge in [-0.15, -0.1) is 12.4 Å². The van der Waals surface area contributed by atoms with Gasteiger partial charge in [-0.05, 0) is 38.6 Å². The third-order valence-electron chi connectivity index (χ3n) is 3.96. The Hall–Kier alpha value is -2.25. The van der Waals surface area contributed by atoms with E-state index >= 15 is 0 Å². The molecule has 0 bridgehead atoms. The van der Waals surface area contributed by atoms with Gasteiger partial charge in [0, 0.05) is 18.8 Å². The topological polar surface area (TPSA) is 77.4 Å². The Bertz CT molecular complexity index is 720. The first-order chi connectivity index (χ1) is 12.0. The zero-order chi connectivity index (χ0) is 18.4. The Morgan fingerprint density at radius 1 is 1.31 bits per heavy atom. The molecule has 0 aliphatic rings. The fourth-order valence-electron chi connectivity index (χ4n) is 2.65. The number of halogens is 1. The van der Waals surface area contributed by atoms with Gasteiger partial charge in [-0.25, -0.2) is 0 Å². The quantitative estimate of drug-likeness (QED) is 0.733. The number of hydrogen-bond acceptors (Lipinski definition) is 5. The maximum Gasteiger partial charge on any atom is 0.242 e. The standard InChI is InChI=1S/C18H26N4O3.ClH/c1-6-25-15-8-7-13(9-16(15)24-5)12(2)21-18(23)17(19-3)14-10-20-22(4)11-14;/h7-12,17,19H,6H2,1-5H3,(H,21,23);1H. The smallest absolute Gasteiger partial charge is 0.242 e. The number of aryl methyl sites for hydroxylation is 1. The summed E-state index contributed by atoms with van der Waals surface area (Å²) in [7, 11) is 5.18. The Kier molecular flexibility index (Phi) is 8.41. The molecule has 0 fully saturated rings. The molecule has 2 rings (SSSR count). The van der Waals surface area contributed by atoms with Crippen LogP contribution in [0.3, 0.4) is 0 Å². The number of methoxy groups -OCH3 is 1. The molecule has 0 saturated carbocycles. The van der Waals surface area contributed by atoms with Crippen molar-refractivity contribution in [2.75, 3.05) is 20.8 Å². The third kappa shape index (κ3) is 5.12. The summed E-state index contributed by atoms with van der Waals surface area (Å²) in [6, 6.07) is 5.04. The van der Waals surface area contributed by atoms with E-state index in [-0.39, 0.29) is 24.4 Å². The van der Waals surface area contributed by atoms with E-state index in [4.69, 9.17) is 9.47 Å². The average Bonchev–Trinajstić information content (AvgIpc) is 3.02. The van der Waals surface area contributed by atoms with E-state index in [2.05, 4.69) is 15.7 Å². The van der Waals surface area contributed by atoms with Gasteiger partial charge in [-0.3, -0.25) is 9.48 Å². The van der Waals surface area contributed by atoms with E-state index < -0.39 is 6.04 Å². The molecule has 26 heavy (non-hydrogen) atoms. The number of nitrogens with one attached hydrogen (secondary N) is 2. The summed E-state index contributed by atoms with van der Waals surface area (Å²) in [6.07, 6.45) is 3.51. The van der Waals surface area contributed by atoms with Crippen molar-refractivity contribution in [3.05, 3.63) is 41.7 Å². The highest BCUT2D eigenvalue weighted by molar-refractivity contribution is 5.85. The summed E-state index contributed by atoms with van der Waals surface area (Å²) < 4.78 is 12.6. The van der Waals surface area contributed by atoms with Gasteiger partial charge >= 0.3 is 0 Å². The number of carbonyl (C=O) groups excluding carboxylic acids is 1. The van der Waals surface area contributed by atoms with Crippen LogP contribution in [0.2, 0.25) is 0 Å². The molecule has 2 aromatic rings. The minimum Gasteiger partial charge on any atom is -0.493 e. The monoisotopic (exact) mass is 382 g/mol. The minimum atomic E-state index is -0.458. The summed E-state index contributed by atoms with van der Waals surface area (Å²) in [5.41, 5.74) is 1.76. The van der Waals surface area contributed by atoms with Crippen LogP contribution in [-0.2, 0) is 11.8 Å². The first-order valence-corrected chi connectivity index (χ1v) is 8.27. The number of benzene rings is 1. The number of carbonyl (C=O) groups is 1. The van der Waals surface area contributed by atoms with E-state index in [9.17, 15) is 4.79 Å². The van der Waals surface area contributed by atoms with Crippen molar-refractivity contribution < 1.29 is 14.3 Å². The molecule has 0 aliphatic carbocycles. The van der Waals surface area contributed by atoms with Crippen LogP contribution in [0.4, 0.5) is 0 Å². The summed E-state index contributed by atoms with van der Waals surface area (Å²) in [4.78, 5) is 12.6. The Morgan fingerprint density at radius 2 is 2.04 bits per heavy atom. The largest absolute Gasteiger partial charge is 0.493 e. The average molecular weight is 383 g/mol. The van der Waals surface area contributed by atoms with Crippen LogP contribution in [0.1, 0.15) is 37.1 Å². The predicted octanol–water partition coefficient (Wildman–Crippen LogP) is 2.39.